The minimum absolute atomic E-state index is 0.203. The molecular weight excluding hydrogens is 292 g/mol. The number of ether oxygens (including phenoxy) is 2. The van der Waals surface area contributed by atoms with Crippen molar-refractivity contribution in [1.29, 1.82) is 0 Å². The van der Waals surface area contributed by atoms with E-state index in [0.717, 1.165) is 25.0 Å². The van der Waals surface area contributed by atoms with E-state index in [-0.39, 0.29) is 12.1 Å². The van der Waals surface area contributed by atoms with Gasteiger partial charge in [-0.25, -0.2) is 4.79 Å². The number of halogens is 1. The van der Waals surface area contributed by atoms with Crippen molar-refractivity contribution in [3.63, 3.8) is 0 Å². The van der Waals surface area contributed by atoms with E-state index in [0.29, 0.717) is 31.3 Å². The molecule has 0 radical (unpaired) electrons. The van der Waals surface area contributed by atoms with Gasteiger partial charge in [0.2, 0.25) is 0 Å². The number of hydrogen-bond acceptors (Lipinski definition) is 3. The molecule has 1 aromatic carbocycles. The second-order valence-electron chi connectivity index (χ2n) is 4.95. The van der Waals surface area contributed by atoms with Gasteiger partial charge in [0.15, 0.2) is 0 Å². The molecule has 21 heavy (non-hydrogen) atoms. The second kappa shape index (κ2) is 8.87. The molecule has 0 aromatic heterocycles. The first kappa shape index (κ1) is 16.1. The smallest absolute Gasteiger partial charge is 0.315 e. The van der Waals surface area contributed by atoms with E-state index >= 15 is 0 Å². The molecule has 1 fully saturated rings. The lowest BCUT2D eigenvalue weighted by molar-refractivity contribution is 0.0188. The van der Waals surface area contributed by atoms with E-state index in [9.17, 15) is 4.79 Å². The molecule has 6 heteroatoms. The van der Waals surface area contributed by atoms with Crippen molar-refractivity contribution in [2.75, 3.05) is 26.4 Å². The molecule has 1 aliphatic heterocycles. The molecule has 0 spiro atoms. The number of benzene rings is 1. The van der Waals surface area contributed by atoms with Crippen LogP contribution in [0, 0.1) is 0 Å². The fourth-order valence-corrected chi connectivity index (χ4v) is 2.20. The Bertz CT molecular complexity index is 433. The fourth-order valence-electron chi connectivity index (χ4n) is 2.07. The molecule has 0 unspecified atom stereocenters. The van der Waals surface area contributed by atoms with Gasteiger partial charge < -0.3 is 20.1 Å². The van der Waals surface area contributed by atoms with E-state index in [1.165, 1.54) is 0 Å². The molecule has 116 valence electrons. The highest BCUT2D eigenvalue weighted by molar-refractivity contribution is 6.30. The molecule has 0 saturated carbocycles. The lowest BCUT2D eigenvalue weighted by Gasteiger charge is -2.11. The van der Waals surface area contributed by atoms with E-state index in [1.54, 1.807) is 12.1 Å². The van der Waals surface area contributed by atoms with Crippen LogP contribution in [0.25, 0.3) is 0 Å². The highest BCUT2D eigenvalue weighted by Crippen LogP contribution is 2.11. The van der Waals surface area contributed by atoms with Crippen LogP contribution < -0.4 is 10.6 Å². The molecule has 2 rings (SSSR count). The van der Waals surface area contributed by atoms with Crippen LogP contribution >= 0.6 is 11.6 Å². The molecule has 1 aromatic rings. The topological polar surface area (TPSA) is 59.6 Å². The molecule has 2 N–H and O–H groups in total. The van der Waals surface area contributed by atoms with Gasteiger partial charge in [-0.2, -0.15) is 0 Å². The normalized spacial score (nSPS) is 17.7. The Labute approximate surface area is 130 Å². The Morgan fingerprint density at radius 3 is 2.86 bits per heavy atom. The summed E-state index contributed by atoms with van der Waals surface area (Å²) >= 11 is 5.80. The summed E-state index contributed by atoms with van der Waals surface area (Å²) in [6, 6.07) is 7.16. The summed E-state index contributed by atoms with van der Waals surface area (Å²) in [6.45, 7) is 2.89. The van der Waals surface area contributed by atoms with Crippen molar-refractivity contribution in [3.05, 3.63) is 34.9 Å². The summed E-state index contributed by atoms with van der Waals surface area (Å²) in [5, 5.41) is 6.21. The van der Waals surface area contributed by atoms with Crippen molar-refractivity contribution in [3.8, 4) is 0 Å². The molecule has 1 saturated heterocycles. The SMILES string of the molecule is O=C(NCCOC[C@@H]1CCCO1)NCc1ccc(Cl)cc1. The van der Waals surface area contributed by atoms with Crippen molar-refractivity contribution in [2.24, 2.45) is 0 Å². The minimum Gasteiger partial charge on any atom is -0.377 e. The Kier molecular flexibility index (Phi) is 6.79. The first-order valence-corrected chi connectivity index (χ1v) is 7.57. The summed E-state index contributed by atoms with van der Waals surface area (Å²) in [7, 11) is 0. The molecule has 0 aliphatic carbocycles. The van der Waals surface area contributed by atoms with Gasteiger partial charge >= 0.3 is 6.03 Å². The molecular formula is C15H21ClN2O3. The first-order chi connectivity index (χ1) is 10.2. The van der Waals surface area contributed by atoms with Gasteiger partial charge in [0, 0.05) is 24.7 Å². The Morgan fingerprint density at radius 1 is 1.33 bits per heavy atom. The third-order valence-corrected chi connectivity index (χ3v) is 3.48. The number of carbonyl (C=O) groups is 1. The molecule has 0 bridgehead atoms. The van der Waals surface area contributed by atoms with E-state index < -0.39 is 0 Å². The van der Waals surface area contributed by atoms with Gasteiger partial charge in [0.05, 0.1) is 19.3 Å². The van der Waals surface area contributed by atoms with Gasteiger partial charge in [-0.15, -0.1) is 0 Å². The number of urea groups is 1. The molecule has 2 amide bonds. The van der Waals surface area contributed by atoms with Crippen LogP contribution in [0.3, 0.4) is 0 Å². The Hall–Kier alpha value is -1.30. The van der Waals surface area contributed by atoms with Crippen LogP contribution in [-0.4, -0.2) is 38.5 Å². The maximum Gasteiger partial charge on any atom is 0.315 e. The predicted octanol–water partition coefficient (Wildman–Crippen LogP) is 2.33. The van der Waals surface area contributed by atoms with E-state index in [2.05, 4.69) is 10.6 Å². The van der Waals surface area contributed by atoms with Gasteiger partial charge in [-0.3, -0.25) is 0 Å². The number of nitrogens with one attached hydrogen (secondary N) is 2. The fraction of sp³-hybridized carbons (Fsp3) is 0.533. The summed E-state index contributed by atoms with van der Waals surface area (Å²) in [5.41, 5.74) is 1.00. The van der Waals surface area contributed by atoms with E-state index in [1.807, 2.05) is 12.1 Å². The van der Waals surface area contributed by atoms with Crippen molar-refractivity contribution >= 4 is 17.6 Å². The molecule has 1 atom stereocenters. The number of rotatable bonds is 7. The van der Waals surface area contributed by atoms with Crippen molar-refractivity contribution in [1.82, 2.24) is 10.6 Å². The van der Waals surface area contributed by atoms with Gasteiger partial charge in [0.25, 0.3) is 0 Å². The minimum atomic E-state index is -0.203. The quantitative estimate of drug-likeness (QED) is 0.760. The summed E-state index contributed by atoms with van der Waals surface area (Å²) in [4.78, 5) is 11.6. The van der Waals surface area contributed by atoms with E-state index in [4.69, 9.17) is 21.1 Å². The largest absolute Gasteiger partial charge is 0.377 e. The first-order valence-electron chi connectivity index (χ1n) is 7.19. The maximum atomic E-state index is 11.6. The van der Waals surface area contributed by atoms with Crippen LogP contribution in [0.2, 0.25) is 5.02 Å². The molecule has 1 heterocycles. The zero-order valence-electron chi connectivity index (χ0n) is 11.9. The average molecular weight is 313 g/mol. The van der Waals surface area contributed by atoms with Gasteiger partial charge in [-0.1, -0.05) is 23.7 Å². The summed E-state index contributed by atoms with van der Waals surface area (Å²) in [6.07, 6.45) is 2.40. The lowest BCUT2D eigenvalue weighted by atomic mass is 10.2. The van der Waals surface area contributed by atoms with Crippen LogP contribution in [0.1, 0.15) is 18.4 Å². The highest BCUT2D eigenvalue weighted by Gasteiger charge is 2.14. The Balaban J connectivity index is 1.50. The number of hydrogen-bond donors (Lipinski definition) is 2. The van der Waals surface area contributed by atoms with Crippen molar-refractivity contribution < 1.29 is 14.3 Å². The maximum absolute atomic E-state index is 11.6. The summed E-state index contributed by atoms with van der Waals surface area (Å²) in [5.74, 6) is 0. The van der Waals surface area contributed by atoms with Gasteiger partial charge in [-0.05, 0) is 30.5 Å². The number of carbonyl (C=O) groups excluding carboxylic acids is 1. The van der Waals surface area contributed by atoms with Crippen LogP contribution in [0.4, 0.5) is 4.79 Å². The summed E-state index contributed by atoms with van der Waals surface area (Å²) < 4.78 is 10.9. The second-order valence-corrected chi connectivity index (χ2v) is 5.38. The third-order valence-electron chi connectivity index (χ3n) is 3.23. The van der Waals surface area contributed by atoms with Crippen molar-refractivity contribution in [2.45, 2.75) is 25.5 Å². The number of amides is 2. The van der Waals surface area contributed by atoms with Gasteiger partial charge in [0.1, 0.15) is 0 Å². The average Bonchev–Trinajstić information content (AvgIpc) is 2.99. The standard InChI is InChI=1S/C15H21ClN2O3/c16-13-5-3-12(4-6-13)10-18-15(19)17-7-9-20-11-14-2-1-8-21-14/h3-6,14H,1-2,7-11H2,(H2,17,18,19)/t14-/m0/s1. The predicted molar refractivity (Wildman–Crippen MR) is 81.5 cm³/mol. The Morgan fingerprint density at radius 2 is 2.14 bits per heavy atom. The highest BCUT2D eigenvalue weighted by atomic mass is 35.5. The molecule has 5 nitrogen and oxygen atoms in total. The zero-order valence-corrected chi connectivity index (χ0v) is 12.7. The third kappa shape index (κ3) is 6.33. The van der Waals surface area contributed by atoms with Crippen LogP contribution in [-0.2, 0) is 16.0 Å². The molecule has 1 aliphatic rings. The lowest BCUT2D eigenvalue weighted by Crippen LogP contribution is -2.37. The monoisotopic (exact) mass is 312 g/mol. The van der Waals surface area contributed by atoms with Crippen LogP contribution in [0.5, 0.6) is 0 Å². The zero-order chi connectivity index (χ0) is 14.9. The van der Waals surface area contributed by atoms with Crippen LogP contribution in [0.15, 0.2) is 24.3 Å².